The van der Waals surface area contributed by atoms with Crippen LogP contribution in [0.15, 0.2) is 95.4 Å². The third-order valence-electron chi connectivity index (χ3n) is 7.37. The lowest BCUT2D eigenvalue weighted by Gasteiger charge is -2.26. The van der Waals surface area contributed by atoms with Crippen LogP contribution in [0.4, 0.5) is 5.69 Å². The number of amides is 1. The van der Waals surface area contributed by atoms with Crippen LogP contribution in [0.2, 0.25) is 0 Å². The number of carbonyl (C=O) groups excluding carboxylic acids is 1. The van der Waals surface area contributed by atoms with E-state index >= 15 is 0 Å². The van der Waals surface area contributed by atoms with Crippen LogP contribution in [0.3, 0.4) is 0 Å². The van der Waals surface area contributed by atoms with Crippen molar-refractivity contribution in [1.82, 2.24) is 9.78 Å². The Morgan fingerprint density at radius 1 is 0.900 bits per heavy atom. The van der Waals surface area contributed by atoms with E-state index in [1.165, 1.54) is 16.7 Å². The predicted octanol–water partition coefficient (Wildman–Crippen LogP) is 7.61. The smallest absolute Gasteiger partial charge is 0.291 e. The standard InChI is InChI=1S/C34H35N3O3/c1-23-10-9-11-26(20-23)21-37-25(3)32(24(2)36-37)35-33(38)31-19-18-30(40-31)22-39-29-16-14-28(15-17-29)34(4,5)27-12-7-6-8-13-27/h6-20H,21-22H2,1-5H3,(H,35,38). The number of anilines is 1. The maximum absolute atomic E-state index is 13.0. The van der Waals surface area contributed by atoms with Gasteiger partial charge in [-0.15, -0.1) is 0 Å². The molecule has 0 fully saturated rings. The van der Waals surface area contributed by atoms with E-state index in [0.717, 1.165) is 22.7 Å². The van der Waals surface area contributed by atoms with Gasteiger partial charge in [0.25, 0.3) is 5.91 Å². The molecule has 0 bridgehead atoms. The number of furan rings is 1. The molecule has 5 aromatic rings. The fraction of sp³-hybridized carbons (Fsp3) is 0.235. The third-order valence-corrected chi connectivity index (χ3v) is 7.37. The van der Waals surface area contributed by atoms with Gasteiger partial charge in [-0.05, 0) is 61.7 Å². The van der Waals surface area contributed by atoms with Gasteiger partial charge in [0.15, 0.2) is 5.76 Å². The molecule has 0 spiro atoms. The summed E-state index contributed by atoms with van der Waals surface area (Å²) < 4.78 is 13.7. The zero-order chi connectivity index (χ0) is 28.3. The van der Waals surface area contributed by atoms with Crippen molar-refractivity contribution in [3.8, 4) is 5.75 Å². The van der Waals surface area contributed by atoms with Gasteiger partial charge < -0.3 is 14.5 Å². The van der Waals surface area contributed by atoms with E-state index in [4.69, 9.17) is 9.15 Å². The largest absolute Gasteiger partial charge is 0.486 e. The minimum Gasteiger partial charge on any atom is -0.486 e. The van der Waals surface area contributed by atoms with E-state index in [1.54, 1.807) is 12.1 Å². The summed E-state index contributed by atoms with van der Waals surface area (Å²) in [4.78, 5) is 13.0. The van der Waals surface area contributed by atoms with E-state index in [2.05, 4.69) is 85.8 Å². The minimum absolute atomic E-state index is 0.114. The summed E-state index contributed by atoms with van der Waals surface area (Å²) in [6.45, 7) is 11.2. The summed E-state index contributed by atoms with van der Waals surface area (Å²) in [6, 6.07) is 30.3. The number of aromatic nitrogens is 2. The molecule has 5 rings (SSSR count). The molecule has 0 aliphatic heterocycles. The van der Waals surface area contributed by atoms with Gasteiger partial charge in [0, 0.05) is 5.41 Å². The van der Waals surface area contributed by atoms with Gasteiger partial charge in [-0.2, -0.15) is 5.10 Å². The second-order valence-electron chi connectivity index (χ2n) is 10.7. The first-order valence-corrected chi connectivity index (χ1v) is 13.5. The second kappa shape index (κ2) is 11.3. The van der Waals surface area contributed by atoms with Gasteiger partial charge in [-0.1, -0.05) is 86.1 Å². The molecule has 6 nitrogen and oxygen atoms in total. The van der Waals surface area contributed by atoms with Crippen molar-refractivity contribution in [3.05, 3.63) is 136 Å². The fourth-order valence-electron chi connectivity index (χ4n) is 4.91. The normalized spacial score (nSPS) is 11.4. The van der Waals surface area contributed by atoms with Crippen LogP contribution in [0, 0.1) is 20.8 Å². The molecule has 1 amide bonds. The average Bonchev–Trinajstić information content (AvgIpc) is 3.53. The molecular formula is C34H35N3O3. The van der Waals surface area contributed by atoms with Crippen molar-refractivity contribution >= 4 is 11.6 Å². The third kappa shape index (κ3) is 5.86. The predicted molar refractivity (Wildman–Crippen MR) is 158 cm³/mol. The molecule has 0 saturated carbocycles. The van der Waals surface area contributed by atoms with E-state index in [9.17, 15) is 4.79 Å². The second-order valence-corrected chi connectivity index (χ2v) is 10.7. The van der Waals surface area contributed by atoms with E-state index < -0.39 is 0 Å². The molecule has 0 unspecified atom stereocenters. The highest BCUT2D eigenvalue weighted by Crippen LogP contribution is 2.32. The SMILES string of the molecule is Cc1cccc(Cn2nc(C)c(NC(=O)c3ccc(COc4ccc(C(C)(C)c5ccccc5)cc4)o3)c2C)c1. The van der Waals surface area contributed by atoms with Crippen LogP contribution in [0.5, 0.6) is 5.75 Å². The molecule has 3 aromatic carbocycles. The molecule has 2 heterocycles. The Labute approximate surface area is 235 Å². The molecular weight excluding hydrogens is 498 g/mol. The van der Waals surface area contributed by atoms with Crippen molar-refractivity contribution < 1.29 is 13.9 Å². The summed E-state index contributed by atoms with van der Waals surface area (Å²) >= 11 is 0. The lowest BCUT2D eigenvalue weighted by molar-refractivity contribution is 0.0992. The summed E-state index contributed by atoms with van der Waals surface area (Å²) in [5.41, 5.74) is 7.06. The van der Waals surface area contributed by atoms with Gasteiger partial charge in [0.1, 0.15) is 18.1 Å². The number of rotatable bonds is 9. The molecule has 0 aliphatic rings. The maximum atomic E-state index is 13.0. The van der Waals surface area contributed by atoms with Crippen molar-refractivity contribution in [3.63, 3.8) is 0 Å². The van der Waals surface area contributed by atoms with E-state index in [-0.39, 0.29) is 23.7 Å². The molecule has 0 radical (unpaired) electrons. The minimum atomic E-state index is -0.319. The monoisotopic (exact) mass is 533 g/mol. The van der Waals surface area contributed by atoms with Gasteiger partial charge in [0.2, 0.25) is 0 Å². The average molecular weight is 534 g/mol. The lowest BCUT2D eigenvalue weighted by Crippen LogP contribution is -2.18. The van der Waals surface area contributed by atoms with Crippen LogP contribution in [0.25, 0.3) is 0 Å². The Bertz CT molecular complexity index is 1610. The lowest BCUT2D eigenvalue weighted by atomic mass is 9.78. The number of aryl methyl sites for hydroxylation is 2. The molecule has 204 valence electrons. The van der Waals surface area contributed by atoms with Crippen molar-refractivity contribution in [2.75, 3.05) is 5.32 Å². The summed E-state index contributed by atoms with van der Waals surface area (Å²) in [5.74, 6) is 1.22. The number of nitrogens with zero attached hydrogens (tertiary/aromatic N) is 2. The molecule has 2 aromatic heterocycles. The Balaban J connectivity index is 1.20. The van der Waals surface area contributed by atoms with Crippen LogP contribution >= 0.6 is 0 Å². The topological polar surface area (TPSA) is 69.3 Å². The molecule has 0 aliphatic carbocycles. The van der Waals surface area contributed by atoms with Crippen molar-refractivity contribution in [1.29, 1.82) is 0 Å². The zero-order valence-electron chi connectivity index (χ0n) is 23.7. The van der Waals surface area contributed by atoms with Gasteiger partial charge >= 0.3 is 0 Å². The zero-order valence-corrected chi connectivity index (χ0v) is 23.7. The molecule has 40 heavy (non-hydrogen) atoms. The maximum Gasteiger partial charge on any atom is 0.291 e. The highest BCUT2D eigenvalue weighted by molar-refractivity contribution is 6.02. The summed E-state index contributed by atoms with van der Waals surface area (Å²) in [7, 11) is 0. The van der Waals surface area contributed by atoms with E-state index in [1.807, 2.05) is 42.8 Å². The van der Waals surface area contributed by atoms with Gasteiger partial charge in [0.05, 0.1) is 23.6 Å². The Kier molecular flexibility index (Phi) is 7.60. The molecule has 0 atom stereocenters. The molecule has 6 heteroatoms. The summed E-state index contributed by atoms with van der Waals surface area (Å²) in [6.07, 6.45) is 0. The first-order valence-electron chi connectivity index (χ1n) is 13.5. The molecule has 0 saturated heterocycles. The number of hydrogen-bond acceptors (Lipinski definition) is 4. The highest BCUT2D eigenvalue weighted by atomic mass is 16.5. The van der Waals surface area contributed by atoms with Gasteiger partial charge in [-0.25, -0.2) is 0 Å². The van der Waals surface area contributed by atoms with E-state index in [0.29, 0.717) is 18.0 Å². The van der Waals surface area contributed by atoms with Crippen molar-refractivity contribution in [2.24, 2.45) is 0 Å². The van der Waals surface area contributed by atoms with Crippen molar-refractivity contribution in [2.45, 2.75) is 53.2 Å². The number of hydrogen-bond donors (Lipinski definition) is 1. The highest BCUT2D eigenvalue weighted by Gasteiger charge is 2.23. The Morgan fingerprint density at radius 3 is 2.35 bits per heavy atom. The first kappa shape index (κ1) is 27.0. The number of carbonyl (C=O) groups is 1. The van der Waals surface area contributed by atoms with Crippen LogP contribution in [-0.4, -0.2) is 15.7 Å². The number of nitrogens with one attached hydrogen (secondary N) is 1. The number of benzene rings is 3. The van der Waals surface area contributed by atoms with Gasteiger partial charge in [-0.3, -0.25) is 9.48 Å². The van der Waals surface area contributed by atoms with Crippen LogP contribution < -0.4 is 10.1 Å². The quantitative estimate of drug-likeness (QED) is 0.212. The van der Waals surface area contributed by atoms with Crippen LogP contribution in [0.1, 0.15) is 63.8 Å². The fourth-order valence-corrected chi connectivity index (χ4v) is 4.91. The summed E-state index contributed by atoms with van der Waals surface area (Å²) in [5, 5.41) is 7.62. The number of ether oxygens (including phenoxy) is 1. The molecule has 1 N–H and O–H groups in total. The Hall–Kier alpha value is -4.58. The Morgan fingerprint density at radius 2 is 1.62 bits per heavy atom. The van der Waals surface area contributed by atoms with Crippen LogP contribution in [-0.2, 0) is 18.6 Å². The first-order chi connectivity index (χ1) is 19.2.